The molecule has 1 aliphatic rings. The molecule has 0 aromatic rings. The van der Waals surface area contributed by atoms with Crippen LogP contribution in [-0.4, -0.2) is 12.1 Å². The summed E-state index contributed by atoms with van der Waals surface area (Å²) in [6.45, 7) is 3.72. The lowest BCUT2D eigenvalue weighted by Crippen LogP contribution is -2.22. The molecule has 0 aromatic carbocycles. The molecule has 0 saturated heterocycles. The van der Waals surface area contributed by atoms with Gasteiger partial charge in [-0.3, -0.25) is 0 Å². The average molecular weight is 166 g/mol. The van der Waals surface area contributed by atoms with Crippen molar-refractivity contribution >= 4 is 0 Å². The van der Waals surface area contributed by atoms with Crippen molar-refractivity contribution in [3.05, 3.63) is 0 Å². The summed E-state index contributed by atoms with van der Waals surface area (Å²) < 4.78 is 37.7. The van der Waals surface area contributed by atoms with Gasteiger partial charge in [0.25, 0.3) is 5.92 Å². The van der Waals surface area contributed by atoms with Crippen molar-refractivity contribution in [1.82, 2.24) is 0 Å². The van der Waals surface area contributed by atoms with Crippen molar-refractivity contribution in [2.75, 3.05) is 0 Å². The highest BCUT2D eigenvalue weighted by atomic mass is 19.3. The molecule has 2 unspecified atom stereocenters. The highest BCUT2D eigenvalue weighted by Gasteiger charge is 2.49. The van der Waals surface area contributed by atoms with Crippen LogP contribution in [0.15, 0.2) is 0 Å². The van der Waals surface area contributed by atoms with Gasteiger partial charge in [0.1, 0.15) is 0 Å². The fourth-order valence-corrected chi connectivity index (χ4v) is 1.51. The second kappa shape index (κ2) is 2.68. The van der Waals surface area contributed by atoms with E-state index >= 15 is 0 Å². The largest absolute Gasteiger partial charge is 0.278 e. The van der Waals surface area contributed by atoms with Crippen molar-refractivity contribution in [2.24, 2.45) is 11.8 Å². The zero-order valence-electron chi connectivity index (χ0n) is 6.78. The quantitative estimate of drug-likeness (QED) is 0.561. The van der Waals surface area contributed by atoms with Crippen LogP contribution in [0.5, 0.6) is 0 Å². The maximum atomic E-state index is 12.6. The molecule has 66 valence electrons. The smallest absolute Gasteiger partial charge is 0.241 e. The zero-order valence-corrected chi connectivity index (χ0v) is 6.78. The number of halogens is 3. The van der Waals surface area contributed by atoms with Crippen molar-refractivity contribution in [3.63, 3.8) is 0 Å². The van der Waals surface area contributed by atoms with Gasteiger partial charge in [-0.1, -0.05) is 13.8 Å². The molecule has 1 rings (SSSR count). The lowest BCUT2D eigenvalue weighted by Gasteiger charge is -2.12. The lowest BCUT2D eigenvalue weighted by atomic mass is 9.94. The Hall–Kier alpha value is -0.210. The predicted molar refractivity (Wildman–Crippen MR) is 37.4 cm³/mol. The minimum Gasteiger partial charge on any atom is -0.241 e. The van der Waals surface area contributed by atoms with Crippen LogP contribution in [0.2, 0.25) is 0 Å². The molecule has 0 N–H and O–H groups in total. The molecule has 1 saturated carbocycles. The predicted octanol–water partition coefficient (Wildman–Crippen LogP) is 3.03. The molecule has 3 heteroatoms. The third kappa shape index (κ3) is 1.68. The first kappa shape index (κ1) is 8.88. The molecule has 0 nitrogen and oxygen atoms in total. The number of hydrogen-bond donors (Lipinski definition) is 0. The summed E-state index contributed by atoms with van der Waals surface area (Å²) in [4.78, 5) is 0. The van der Waals surface area contributed by atoms with Crippen LogP contribution < -0.4 is 0 Å². The van der Waals surface area contributed by atoms with Crippen LogP contribution in [0.3, 0.4) is 0 Å². The first-order chi connectivity index (χ1) is 4.93. The van der Waals surface area contributed by atoms with Crippen LogP contribution in [0.1, 0.15) is 26.7 Å². The number of rotatable bonds is 1. The summed E-state index contributed by atoms with van der Waals surface area (Å²) in [5.74, 6) is -3.03. The highest BCUT2D eigenvalue weighted by molar-refractivity contribution is 4.90. The molecule has 0 aromatic heterocycles. The minimum atomic E-state index is -3.06. The third-order valence-corrected chi connectivity index (χ3v) is 2.45. The fourth-order valence-electron chi connectivity index (χ4n) is 1.51. The van der Waals surface area contributed by atoms with Gasteiger partial charge < -0.3 is 0 Å². The van der Waals surface area contributed by atoms with Gasteiger partial charge in [-0.05, 0) is 18.3 Å². The third-order valence-electron chi connectivity index (χ3n) is 2.45. The van der Waals surface area contributed by atoms with E-state index in [2.05, 4.69) is 0 Å². The molecular formula is C8H13F3. The topological polar surface area (TPSA) is 0 Å². The highest BCUT2D eigenvalue weighted by Crippen LogP contribution is 2.43. The first-order valence-electron chi connectivity index (χ1n) is 3.95. The lowest BCUT2D eigenvalue weighted by molar-refractivity contribution is -0.0521. The van der Waals surface area contributed by atoms with Gasteiger partial charge in [0.2, 0.25) is 0 Å². The maximum Gasteiger partial charge on any atom is 0.278 e. The van der Waals surface area contributed by atoms with Crippen LogP contribution in [0.4, 0.5) is 13.2 Å². The average Bonchev–Trinajstić information content (AvgIpc) is 2.08. The Labute approximate surface area is 64.8 Å². The Morgan fingerprint density at radius 2 is 1.91 bits per heavy atom. The molecule has 0 spiro atoms. The molecule has 0 bridgehead atoms. The Morgan fingerprint density at radius 1 is 1.36 bits per heavy atom. The summed E-state index contributed by atoms with van der Waals surface area (Å²) >= 11 is 0. The second-order valence-corrected chi connectivity index (χ2v) is 3.67. The van der Waals surface area contributed by atoms with E-state index in [1.807, 2.05) is 13.8 Å². The van der Waals surface area contributed by atoms with Crippen molar-refractivity contribution in [2.45, 2.75) is 38.8 Å². The van der Waals surface area contributed by atoms with E-state index in [1.165, 1.54) is 0 Å². The van der Waals surface area contributed by atoms with E-state index in [0.717, 1.165) is 0 Å². The van der Waals surface area contributed by atoms with E-state index in [-0.39, 0.29) is 24.7 Å². The van der Waals surface area contributed by atoms with E-state index in [0.29, 0.717) is 0 Å². The molecule has 0 radical (unpaired) electrons. The van der Waals surface area contributed by atoms with E-state index < -0.39 is 12.1 Å². The molecule has 11 heavy (non-hydrogen) atoms. The van der Waals surface area contributed by atoms with Crippen molar-refractivity contribution in [3.8, 4) is 0 Å². The van der Waals surface area contributed by atoms with Gasteiger partial charge in [-0.2, -0.15) is 0 Å². The Kier molecular flexibility index (Phi) is 2.17. The summed E-state index contributed by atoms with van der Waals surface area (Å²) in [5, 5.41) is 0. The molecular weight excluding hydrogens is 153 g/mol. The molecule has 2 atom stereocenters. The molecule has 0 amide bonds. The Morgan fingerprint density at radius 3 is 2.09 bits per heavy atom. The molecule has 0 aliphatic heterocycles. The maximum absolute atomic E-state index is 12.6. The monoisotopic (exact) mass is 166 g/mol. The van der Waals surface area contributed by atoms with Gasteiger partial charge in [-0.25, -0.2) is 13.2 Å². The van der Waals surface area contributed by atoms with E-state index in [9.17, 15) is 13.2 Å². The van der Waals surface area contributed by atoms with Gasteiger partial charge >= 0.3 is 0 Å². The summed E-state index contributed by atoms with van der Waals surface area (Å²) in [6.07, 6.45) is -2.15. The fraction of sp³-hybridized carbons (Fsp3) is 1.00. The number of alkyl halides is 3. The first-order valence-corrected chi connectivity index (χ1v) is 3.95. The van der Waals surface area contributed by atoms with Crippen LogP contribution in [-0.2, 0) is 0 Å². The van der Waals surface area contributed by atoms with Crippen LogP contribution in [0.25, 0.3) is 0 Å². The van der Waals surface area contributed by atoms with Crippen molar-refractivity contribution < 1.29 is 13.2 Å². The number of hydrogen-bond acceptors (Lipinski definition) is 0. The summed E-state index contributed by atoms with van der Waals surface area (Å²) in [6, 6.07) is 0. The van der Waals surface area contributed by atoms with Gasteiger partial charge in [0.05, 0.1) is 0 Å². The summed E-state index contributed by atoms with van der Waals surface area (Å²) in [7, 11) is 0. The van der Waals surface area contributed by atoms with E-state index in [4.69, 9.17) is 0 Å². The molecule has 1 fully saturated rings. The summed E-state index contributed by atoms with van der Waals surface area (Å²) in [5.41, 5.74) is 0. The Bertz CT molecular complexity index is 142. The van der Waals surface area contributed by atoms with Gasteiger partial charge in [0.15, 0.2) is 6.17 Å². The Balaban J connectivity index is 2.57. The SMILES string of the molecule is CC(C)C1CC(F)C(F)(F)C1. The van der Waals surface area contributed by atoms with Crippen LogP contribution in [0, 0.1) is 11.8 Å². The van der Waals surface area contributed by atoms with Crippen molar-refractivity contribution in [1.29, 1.82) is 0 Å². The minimum absolute atomic E-state index is 0.0324. The van der Waals surface area contributed by atoms with Crippen LogP contribution >= 0.6 is 0 Å². The van der Waals surface area contributed by atoms with E-state index in [1.54, 1.807) is 0 Å². The standard InChI is InChI=1S/C8H13F3/c1-5(2)6-3-7(9)8(10,11)4-6/h5-7H,3-4H2,1-2H3. The zero-order chi connectivity index (χ0) is 8.65. The second-order valence-electron chi connectivity index (χ2n) is 3.67. The van der Waals surface area contributed by atoms with Gasteiger partial charge in [-0.15, -0.1) is 0 Å². The molecule has 1 aliphatic carbocycles. The van der Waals surface area contributed by atoms with Gasteiger partial charge in [0, 0.05) is 6.42 Å². The normalized spacial score (nSPS) is 36.5. The molecule has 0 heterocycles.